The smallest absolute Gasteiger partial charge is 0.303 e. The molecule has 1 aliphatic carbocycles. The van der Waals surface area contributed by atoms with E-state index in [0.717, 1.165) is 0 Å². The van der Waals surface area contributed by atoms with Gasteiger partial charge >= 0.3 is 29.8 Å². The minimum atomic E-state index is -1.51. The zero-order valence-corrected chi connectivity index (χ0v) is 25.5. The molecule has 3 rings (SSSR count). The van der Waals surface area contributed by atoms with Crippen LogP contribution in [0.5, 0.6) is 0 Å². The van der Waals surface area contributed by atoms with Gasteiger partial charge < -0.3 is 28.4 Å². The van der Waals surface area contributed by atoms with Gasteiger partial charge in [-0.15, -0.1) is 0 Å². The first-order valence-corrected chi connectivity index (χ1v) is 14.1. The zero-order valence-electron chi connectivity index (χ0n) is 25.5. The molecular formula is C30H44O11. The normalized spacial score (nSPS) is 38.4. The number of hydrogen-bond donors (Lipinski definition) is 0. The standard InChI is InChI=1S/C30H44O11/c1-14(2)23-24-25(30(10,41-20(8)35)28(38-18(6)33)26(23)37-17(5)32)22-13-15(3)21(36-16(4)31)11-12-29(9,27(24)39-22)40-19(7)34/h14,21-28H,3,11-13H2,1-2,4-10H3. The van der Waals surface area contributed by atoms with Crippen LogP contribution in [0.4, 0.5) is 0 Å². The first kappa shape index (κ1) is 32.6. The maximum Gasteiger partial charge on any atom is 0.303 e. The number of carbonyl (C=O) groups is 5. The van der Waals surface area contributed by atoms with E-state index in [0.29, 0.717) is 12.0 Å². The SMILES string of the molecule is C=C1CC2OC(C3C(C(C)C)C(OC(C)=O)C(OC(C)=O)C(C)(OC(C)=O)C23)C(C)(OC(C)=O)CCC1OC(C)=O. The summed E-state index contributed by atoms with van der Waals surface area (Å²) in [5, 5.41) is 0. The van der Waals surface area contributed by atoms with Crippen LogP contribution in [0.25, 0.3) is 0 Å². The molecule has 0 aromatic heterocycles. The van der Waals surface area contributed by atoms with Gasteiger partial charge in [0.2, 0.25) is 0 Å². The molecule has 1 saturated carbocycles. The average Bonchev–Trinajstić information content (AvgIpc) is 3.18. The highest BCUT2D eigenvalue weighted by Gasteiger charge is 2.71. The van der Waals surface area contributed by atoms with E-state index < -0.39 is 89.3 Å². The summed E-state index contributed by atoms with van der Waals surface area (Å²) in [6.45, 7) is 18.0. The number of hydrogen-bond acceptors (Lipinski definition) is 11. The molecular weight excluding hydrogens is 536 g/mol. The number of carbonyl (C=O) groups excluding carboxylic acids is 5. The average molecular weight is 581 g/mol. The largest absolute Gasteiger partial charge is 0.458 e. The molecule has 0 aromatic carbocycles. The number of ether oxygens (including phenoxy) is 6. The highest BCUT2D eigenvalue weighted by atomic mass is 16.6. The molecule has 2 aliphatic heterocycles. The van der Waals surface area contributed by atoms with Gasteiger partial charge in [0, 0.05) is 52.4 Å². The maximum absolute atomic E-state index is 12.6. The van der Waals surface area contributed by atoms with Gasteiger partial charge in [-0.25, -0.2) is 0 Å². The number of rotatable bonds is 6. The minimum Gasteiger partial charge on any atom is -0.458 e. The molecule has 0 N–H and O–H groups in total. The van der Waals surface area contributed by atoms with E-state index in [1.165, 1.54) is 34.6 Å². The van der Waals surface area contributed by atoms with Crippen molar-refractivity contribution in [1.29, 1.82) is 0 Å². The van der Waals surface area contributed by atoms with Crippen molar-refractivity contribution >= 4 is 29.8 Å². The minimum absolute atomic E-state index is 0.127. The molecule has 10 atom stereocenters. The maximum atomic E-state index is 12.6. The van der Waals surface area contributed by atoms with E-state index in [-0.39, 0.29) is 18.8 Å². The molecule has 2 saturated heterocycles. The summed E-state index contributed by atoms with van der Waals surface area (Å²) >= 11 is 0. The Morgan fingerprint density at radius 3 is 1.90 bits per heavy atom. The van der Waals surface area contributed by atoms with Crippen LogP contribution in [0.2, 0.25) is 0 Å². The molecule has 11 heteroatoms. The van der Waals surface area contributed by atoms with Crippen molar-refractivity contribution in [2.75, 3.05) is 0 Å². The van der Waals surface area contributed by atoms with Crippen LogP contribution in [-0.4, -0.2) is 71.6 Å². The first-order valence-electron chi connectivity index (χ1n) is 14.1. The van der Waals surface area contributed by atoms with Gasteiger partial charge in [0.1, 0.15) is 23.9 Å². The Kier molecular flexibility index (Phi) is 9.62. The summed E-state index contributed by atoms with van der Waals surface area (Å²) in [5.41, 5.74) is -2.12. The van der Waals surface area contributed by atoms with Crippen molar-refractivity contribution in [3.05, 3.63) is 12.2 Å². The van der Waals surface area contributed by atoms with Crippen LogP contribution in [0.1, 0.15) is 81.6 Å². The fraction of sp³-hybridized carbons (Fsp3) is 0.767. The van der Waals surface area contributed by atoms with E-state index in [4.69, 9.17) is 28.4 Å². The van der Waals surface area contributed by atoms with Crippen molar-refractivity contribution in [2.45, 2.75) is 123 Å². The lowest BCUT2D eigenvalue weighted by molar-refractivity contribution is -0.249. The first-order chi connectivity index (χ1) is 18.9. The highest BCUT2D eigenvalue weighted by Crippen LogP contribution is 2.59. The van der Waals surface area contributed by atoms with Crippen LogP contribution in [0.3, 0.4) is 0 Å². The summed E-state index contributed by atoms with van der Waals surface area (Å²) in [5.74, 6) is -4.50. The second kappa shape index (κ2) is 12.1. The molecule has 0 radical (unpaired) electrons. The van der Waals surface area contributed by atoms with Crippen LogP contribution in [0.15, 0.2) is 12.2 Å². The van der Waals surface area contributed by atoms with Crippen molar-refractivity contribution in [3.63, 3.8) is 0 Å². The summed E-state index contributed by atoms with van der Waals surface area (Å²) in [6, 6.07) is 0. The summed E-state index contributed by atoms with van der Waals surface area (Å²) in [6.07, 6.45) is -3.37. The Bertz CT molecular complexity index is 1080. The molecule has 230 valence electrons. The van der Waals surface area contributed by atoms with E-state index in [2.05, 4.69) is 6.58 Å². The van der Waals surface area contributed by atoms with Crippen molar-refractivity contribution in [3.8, 4) is 0 Å². The van der Waals surface area contributed by atoms with Gasteiger partial charge in [0.25, 0.3) is 0 Å². The van der Waals surface area contributed by atoms with Crippen LogP contribution >= 0.6 is 0 Å². The second-order valence-electron chi connectivity index (χ2n) is 12.3. The third-order valence-electron chi connectivity index (χ3n) is 8.67. The summed E-state index contributed by atoms with van der Waals surface area (Å²) in [4.78, 5) is 61.9. The van der Waals surface area contributed by atoms with Crippen molar-refractivity contribution < 1.29 is 52.4 Å². The molecule has 2 bridgehead atoms. The monoisotopic (exact) mass is 580 g/mol. The Hall–Kier alpha value is -2.95. The molecule has 41 heavy (non-hydrogen) atoms. The summed E-state index contributed by atoms with van der Waals surface area (Å²) in [7, 11) is 0. The lowest BCUT2D eigenvalue weighted by atomic mass is 9.55. The van der Waals surface area contributed by atoms with E-state index in [1.807, 2.05) is 13.8 Å². The number of fused-ring (bicyclic) bond motifs is 5. The molecule has 11 nitrogen and oxygen atoms in total. The van der Waals surface area contributed by atoms with Crippen LogP contribution < -0.4 is 0 Å². The van der Waals surface area contributed by atoms with Gasteiger partial charge in [0.05, 0.1) is 6.10 Å². The second-order valence-corrected chi connectivity index (χ2v) is 12.3. The van der Waals surface area contributed by atoms with Gasteiger partial charge in [-0.3, -0.25) is 24.0 Å². The third kappa shape index (κ3) is 6.60. The fourth-order valence-corrected chi connectivity index (χ4v) is 7.54. The predicted molar refractivity (Wildman–Crippen MR) is 144 cm³/mol. The Morgan fingerprint density at radius 2 is 1.41 bits per heavy atom. The van der Waals surface area contributed by atoms with E-state index in [9.17, 15) is 24.0 Å². The van der Waals surface area contributed by atoms with Gasteiger partial charge in [-0.1, -0.05) is 20.4 Å². The zero-order chi connectivity index (χ0) is 31.0. The topological polar surface area (TPSA) is 141 Å². The third-order valence-corrected chi connectivity index (χ3v) is 8.67. The quantitative estimate of drug-likeness (QED) is 0.259. The Morgan fingerprint density at radius 1 is 0.854 bits per heavy atom. The van der Waals surface area contributed by atoms with Crippen LogP contribution in [-0.2, 0) is 52.4 Å². The fourth-order valence-electron chi connectivity index (χ4n) is 7.54. The number of esters is 5. The van der Waals surface area contributed by atoms with Crippen molar-refractivity contribution in [2.24, 2.45) is 23.7 Å². The highest BCUT2D eigenvalue weighted by molar-refractivity contribution is 5.69. The lowest BCUT2D eigenvalue weighted by Gasteiger charge is -2.56. The van der Waals surface area contributed by atoms with Gasteiger partial charge in [-0.2, -0.15) is 0 Å². The molecule has 3 fully saturated rings. The van der Waals surface area contributed by atoms with Crippen LogP contribution in [0, 0.1) is 23.7 Å². The molecule has 0 aromatic rings. The van der Waals surface area contributed by atoms with E-state index >= 15 is 0 Å². The molecule has 0 amide bonds. The lowest BCUT2D eigenvalue weighted by Crippen LogP contribution is -2.69. The Labute approximate surface area is 241 Å². The van der Waals surface area contributed by atoms with E-state index in [1.54, 1.807) is 13.8 Å². The van der Waals surface area contributed by atoms with Gasteiger partial charge in [0.15, 0.2) is 11.7 Å². The molecule has 3 aliphatic rings. The van der Waals surface area contributed by atoms with Crippen molar-refractivity contribution in [1.82, 2.24) is 0 Å². The molecule has 10 unspecified atom stereocenters. The Balaban J connectivity index is 2.32. The molecule has 0 spiro atoms. The van der Waals surface area contributed by atoms with Gasteiger partial charge in [-0.05, 0) is 44.6 Å². The summed E-state index contributed by atoms with van der Waals surface area (Å²) < 4.78 is 36.1. The predicted octanol–water partition coefficient (Wildman–Crippen LogP) is 3.45. The molecule has 2 heterocycles.